The number of aliphatic hydroxyl groups excluding tert-OH is 7. The molecule has 0 aliphatic carbocycles. The Morgan fingerprint density at radius 2 is 0.967 bits per heavy atom. The number of amides is 1. The van der Waals surface area contributed by atoms with Crippen molar-refractivity contribution >= 4 is 5.91 Å². The number of aliphatic hydroxyl groups is 7. The lowest BCUT2D eigenvalue weighted by atomic mass is 9.98. The van der Waals surface area contributed by atoms with Crippen LogP contribution in [0.4, 0.5) is 0 Å². The standard InChI is InChI=1S/C50H97NO10/c1-3-5-7-9-11-13-15-16-17-18-19-20-21-22-23-24-25-26-27-28-30-32-34-36-38-43(54)49(59)51-41(40-60-50-48(58)47(57)46(56)44(39-52)61-50)45(55)42(53)37-35-33-31-29-14-12-10-8-6-4-2/h29,31,41-48,50,52-58H,3-28,30,32-40H2,1-2H3,(H,51,59)/b31-29+. The van der Waals surface area contributed by atoms with E-state index >= 15 is 0 Å². The molecule has 0 saturated carbocycles. The molecule has 1 heterocycles. The molecule has 9 atom stereocenters. The molecule has 0 aromatic rings. The summed E-state index contributed by atoms with van der Waals surface area (Å²) in [6, 6.07) is -1.18. The highest BCUT2D eigenvalue weighted by molar-refractivity contribution is 5.80. The molecule has 1 saturated heterocycles. The smallest absolute Gasteiger partial charge is 0.249 e. The van der Waals surface area contributed by atoms with E-state index in [1.54, 1.807) is 0 Å². The molecule has 1 aliphatic heterocycles. The van der Waals surface area contributed by atoms with E-state index in [2.05, 4.69) is 31.3 Å². The third-order valence-electron chi connectivity index (χ3n) is 12.6. The highest BCUT2D eigenvalue weighted by atomic mass is 16.7. The van der Waals surface area contributed by atoms with Gasteiger partial charge >= 0.3 is 0 Å². The van der Waals surface area contributed by atoms with E-state index in [1.807, 2.05) is 0 Å². The highest BCUT2D eigenvalue weighted by Crippen LogP contribution is 2.23. The molecule has 1 aliphatic rings. The van der Waals surface area contributed by atoms with Crippen LogP contribution in [0.1, 0.15) is 232 Å². The first-order valence-corrected chi connectivity index (χ1v) is 25.6. The summed E-state index contributed by atoms with van der Waals surface area (Å²) in [4.78, 5) is 13.1. The third kappa shape index (κ3) is 29.8. The van der Waals surface area contributed by atoms with E-state index < -0.39 is 74.2 Å². The van der Waals surface area contributed by atoms with Crippen molar-refractivity contribution in [1.29, 1.82) is 0 Å². The SMILES string of the molecule is CCCCCCC/C=C/CCCC(O)C(O)C(COC1OC(CO)C(O)C(O)C1O)NC(=O)C(O)CCCCCCCCCCCCCCCCCCCCCCCCCC. The van der Waals surface area contributed by atoms with Gasteiger partial charge in [-0.05, 0) is 38.5 Å². The van der Waals surface area contributed by atoms with E-state index in [0.29, 0.717) is 12.8 Å². The van der Waals surface area contributed by atoms with Crippen LogP contribution in [-0.4, -0.2) is 110 Å². The normalized spacial score (nSPS) is 21.5. The summed E-state index contributed by atoms with van der Waals surface area (Å²) in [5.74, 6) is -0.704. The summed E-state index contributed by atoms with van der Waals surface area (Å²) < 4.78 is 11.1. The number of hydrogen-bond acceptors (Lipinski definition) is 10. The first kappa shape index (κ1) is 57.9. The lowest BCUT2D eigenvalue weighted by Crippen LogP contribution is -2.60. The van der Waals surface area contributed by atoms with Gasteiger partial charge in [0, 0.05) is 0 Å². The molecule has 0 aromatic carbocycles. The molecule has 1 rings (SSSR count). The van der Waals surface area contributed by atoms with Gasteiger partial charge in [0.05, 0.1) is 25.4 Å². The molecular weight excluding hydrogens is 775 g/mol. The van der Waals surface area contributed by atoms with Crippen LogP contribution in [0.25, 0.3) is 0 Å². The van der Waals surface area contributed by atoms with Crippen LogP contribution < -0.4 is 5.32 Å². The minimum Gasteiger partial charge on any atom is -0.394 e. The van der Waals surface area contributed by atoms with Gasteiger partial charge in [0.15, 0.2) is 6.29 Å². The zero-order valence-electron chi connectivity index (χ0n) is 39.2. The molecule has 0 radical (unpaired) electrons. The maximum absolute atomic E-state index is 13.1. The van der Waals surface area contributed by atoms with Crippen LogP contribution >= 0.6 is 0 Å². The number of nitrogens with one attached hydrogen (secondary N) is 1. The van der Waals surface area contributed by atoms with E-state index in [-0.39, 0.29) is 12.8 Å². The molecule has 0 bridgehead atoms. The van der Waals surface area contributed by atoms with Crippen molar-refractivity contribution in [3.63, 3.8) is 0 Å². The molecule has 11 heteroatoms. The number of unbranched alkanes of at least 4 members (excludes halogenated alkanes) is 29. The molecular formula is C50H97NO10. The number of carbonyl (C=O) groups excluding carboxylic acids is 1. The van der Waals surface area contributed by atoms with Crippen LogP contribution in [0, 0.1) is 0 Å². The van der Waals surface area contributed by atoms with Crippen molar-refractivity contribution in [1.82, 2.24) is 5.32 Å². The Morgan fingerprint density at radius 1 is 0.557 bits per heavy atom. The molecule has 1 amide bonds. The topological polar surface area (TPSA) is 189 Å². The van der Waals surface area contributed by atoms with Gasteiger partial charge in [-0.1, -0.05) is 206 Å². The molecule has 11 nitrogen and oxygen atoms in total. The fraction of sp³-hybridized carbons (Fsp3) is 0.940. The van der Waals surface area contributed by atoms with Crippen LogP contribution in [0.5, 0.6) is 0 Å². The molecule has 0 spiro atoms. The second-order valence-corrected chi connectivity index (χ2v) is 18.2. The maximum Gasteiger partial charge on any atom is 0.249 e. The zero-order valence-corrected chi connectivity index (χ0v) is 39.2. The van der Waals surface area contributed by atoms with Gasteiger partial charge in [-0.25, -0.2) is 0 Å². The Morgan fingerprint density at radius 3 is 1.41 bits per heavy atom. The Kier molecular flexibility index (Phi) is 38.3. The summed E-state index contributed by atoms with van der Waals surface area (Å²) in [6.07, 6.45) is 32.9. The Balaban J connectivity index is 2.29. The number of carbonyl (C=O) groups is 1. The van der Waals surface area contributed by atoms with Gasteiger partial charge in [-0.3, -0.25) is 4.79 Å². The predicted octanol–water partition coefficient (Wildman–Crippen LogP) is 9.23. The van der Waals surface area contributed by atoms with Crippen molar-refractivity contribution < 1.29 is 50.0 Å². The largest absolute Gasteiger partial charge is 0.394 e. The Labute approximate surface area is 372 Å². The second kappa shape index (κ2) is 40.4. The van der Waals surface area contributed by atoms with Crippen molar-refractivity contribution in [2.24, 2.45) is 0 Å². The maximum atomic E-state index is 13.1. The minimum atomic E-state index is -1.66. The molecule has 9 unspecified atom stereocenters. The summed E-state index contributed by atoms with van der Waals surface area (Å²) in [5.41, 5.74) is 0. The zero-order chi connectivity index (χ0) is 44.8. The Bertz CT molecular complexity index is 1000. The van der Waals surface area contributed by atoms with Gasteiger partial charge < -0.3 is 50.5 Å². The van der Waals surface area contributed by atoms with Gasteiger partial charge in [0.1, 0.15) is 36.6 Å². The van der Waals surface area contributed by atoms with Crippen LogP contribution in [0.15, 0.2) is 12.2 Å². The Hall–Kier alpha value is -1.15. The van der Waals surface area contributed by atoms with Crippen LogP contribution in [0.3, 0.4) is 0 Å². The minimum absolute atomic E-state index is 0.259. The number of rotatable bonds is 43. The predicted molar refractivity (Wildman–Crippen MR) is 247 cm³/mol. The summed E-state index contributed by atoms with van der Waals surface area (Å²) in [6.45, 7) is 3.41. The average Bonchev–Trinajstić information content (AvgIpc) is 3.26. The first-order chi connectivity index (χ1) is 29.7. The van der Waals surface area contributed by atoms with Gasteiger partial charge in [0.2, 0.25) is 5.91 Å². The fourth-order valence-corrected chi connectivity index (χ4v) is 8.32. The monoisotopic (exact) mass is 872 g/mol. The molecule has 1 fully saturated rings. The first-order valence-electron chi connectivity index (χ1n) is 25.6. The lowest BCUT2D eigenvalue weighted by Gasteiger charge is -2.40. The van der Waals surface area contributed by atoms with Crippen LogP contribution in [0.2, 0.25) is 0 Å². The molecule has 8 N–H and O–H groups in total. The fourth-order valence-electron chi connectivity index (χ4n) is 8.32. The second-order valence-electron chi connectivity index (χ2n) is 18.2. The van der Waals surface area contributed by atoms with Crippen LogP contribution in [-0.2, 0) is 14.3 Å². The van der Waals surface area contributed by atoms with Crippen molar-refractivity contribution in [3.05, 3.63) is 12.2 Å². The number of hydrogen-bond donors (Lipinski definition) is 8. The van der Waals surface area contributed by atoms with Crippen molar-refractivity contribution in [2.45, 2.75) is 287 Å². The van der Waals surface area contributed by atoms with Gasteiger partial charge in [-0.15, -0.1) is 0 Å². The van der Waals surface area contributed by atoms with Gasteiger partial charge in [-0.2, -0.15) is 0 Å². The van der Waals surface area contributed by atoms with E-state index in [1.165, 1.54) is 154 Å². The summed E-state index contributed by atoms with van der Waals surface area (Å²) >= 11 is 0. The van der Waals surface area contributed by atoms with Crippen molar-refractivity contribution in [2.75, 3.05) is 13.2 Å². The van der Waals surface area contributed by atoms with E-state index in [4.69, 9.17) is 9.47 Å². The van der Waals surface area contributed by atoms with Gasteiger partial charge in [0.25, 0.3) is 0 Å². The molecule has 61 heavy (non-hydrogen) atoms. The lowest BCUT2D eigenvalue weighted by molar-refractivity contribution is -0.303. The summed E-state index contributed by atoms with van der Waals surface area (Å²) in [7, 11) is 0. The van der Waals surface area contributed by atoms with Crippen molar-refractivity contribution in [3.8, 4) is 0 Å². The molecule has 0 aromatic heterocycles. The number of allylic oxidation sites excluding steroid dienone is 2. The molecule has 362 valence electrons. The quantitative estimate of drug-likeness (QED) is 0.0217. The highest BCUT2D eigenvalue weighted by Gasteiger charge is 2.44. The third-order valence-corrected chi connectivity index (χ3v) is 12.6. The summed E-state index contributed by atoms with van der Waals surface area (Å²) in [5, 5.41) is 75.6. The van der Waals surface area contributed by atoms with E-state index in [0.717, 1.165) is 38.5 Å². The average molecular weight is 872 g/mol. The number of ether oxygens (including phenoxy) is 2. The van der Waals surface area contributed by atoms with E-state index in [9.17, 15) is 40.5 Å².